The fourth-order valence-electron chi connectivity index (χ4n) is 2.61. The number of aliphatic carboxylic acids is 2. The van der Waals surface area contributed by atoms with E-state index in [0.717, 1.165) is 0 Å². The molecule has 0 aromatic heterocycles. The van der Waals surface area contributed by atoms with E-state index in [2.05, 4.69) is 0 Å². The van der Waals surface area contributed by atoms with Crippen molar-refractivity contribution in [3.63, 3.8) is 0 Å². The lowest BCUT2D eigenvalue weighted by Crippen LogP contribution is -2.51. The summed E-state index contributed by atoms with van der Waals surface area (Å²) < 4.78 is 10.6. The van der Waals surface area contributed by atoms with Crippen LogP contribution in [0.5, 0.6) is 0 Å². The number of carbonyl (C=O) groups is 2. The summed E-state index contributed by atoms with van der Waals surface area (Å²) in [6.45, 7) is -0.133. The fraction of sp³-hybridized carbons (Fsp3) is 0.818. The van der Waals surface area contributed by atoms with Gasteiger partial charge in [0.15, 0.2) is 5.60 Å². The quantitative estimate of drug-likeness (QED) is 0.378. The first kappa shape index (κ1) is 15.1. The number of carboxylic acids is 2. The summed E-state index contributed by atoms with van der Waals surface area (Å²) in [6.07, 6.45) is -4.76. The summed E-state index contributed by atoms with van der Waals surface area (Å²) in [5, 5.41) is 37.4. The van der Waals surface area contributed by atoms with Crippen molar-refractivity contribution in [2.75, 3.05) is 6.61 Å². The van der Waals surface area contributed by atoms with E-state index in [0.29, 0.717) is 0 Å². The Morgan fingerprint density at radius 3 is 2.55 bits per heavy atom. The van der Waals surface area contributed by atoms with Crippen LogP contribution in [0.3, 0.4) is 0 Å². The Morgan fingerprint density at radius 1 is 1.35 bits per heavy atom. The van der Waals surface area contributed by atoms with E-state index in [-0.39, 0.29) is 13.0 Å². The molecule has 114 valence electrons. The number of hydrogen-bond donors (Lipinski definition) is 5. The fourth-order valence-corrected chi connectivity index (χ4v) is 2.61. The molecule has 2 heterocycles. The summed E-state index contributed by atoms with van der Waals surface area (Å²) in [4.78, 5) is 22.2. The number of hydrogen-bond acceptors (Lipinski definition) is 7. The van der Waals surface area contributed by atoms with Crippen LogP contribution in [-0.4, -0.2) is 75.0 Å². The predicted molar refractivity (Wildman–Crippen MR) is 61.8 cm³/mol. The molecule has 0 saturated carbocycles. The molecule has 0 spiro atoms. The Bertz CT molecular complexity index is 415. The van der Waals surface area contributed by atoms with Crippen LogP contribution in [0.1, 0.15) is 12.8 Å². The van der Waals surface area contributed by atoms with Crippen LogP contribution in [0.25, 0.3) is 0 Å². The molecule has 6 atom stereocenters. The first-order valence-electron chi connectivity index (χ1n) is 6.14. The topological polar surface area (TPSA) is 160 Å². The van der Waals surface area contributed by atoms with Crippen LogP contribution in [0.4, 0.5) is 0 Å². The monoisotopic (exact) mass is 291 g/mol. The summed E-state index contributed by atoms with van der Waals surface area (Å²) in [5.74, 6) is -2.71. The SMILES string of the molecule is N[C@@H](C[C@@]1(C(=O)O)C[C@H]2OC[C@@H](O)[C@@H](O)[C@H]2O1)C(=O)O. The molecule has 9 nitrogen and oxygen atoms in total. The molecule has 0 radical (unpaired) electrons. The van der Waals surface area contributed by atoms with Gasteiger partial charge >= 0.3 is 11.9 Å². The van der Waals surface area contributed by atoms with Crippen molar-refractivity contribution < 1.29 is 39.5 Å². The van der Waals surface area contributed by atoms with Crippen LogP contribution < -0.4 is 5.73 Å². The van der Waals surface area contributed by atoms with Gasteiger partial charge in [0.05, 0.1) is 12.7 Å². The molecule has 20 heavy (non-hydrogen) atoms. The standard InChI is InChI=1S/C11H17NO8/c12-4(9(15)16)1-11(10(17)18)2-6-8(20-11)7(14)5(13)3-19-6/h4-8,13-14H,1-3,12H2,(H,15,16)(H,17,18)/t4-,5+,6+,7+,8-,11-/m0/s1. The summed E-state index contributed by atoms with van der Waals surface area (Å²) in [5.41, 5.74) is 3.54. The van der Waals surface area contributed by atoms with E-state index < -0.39 is 54.4 Å². The van der Waals surface area contributed by atoms with Crippen LogP contribution >= 0.6 is 0 Å². The highest BCUT2D eigenvalue weighted by Crippen LogP contribution is 2.40. The highest BCUT2D eigenvalue weighted by molar-refractivity contribution is 5.80. The first-order chi connectivity index (χ1) is 9.27. The van der Waals surface area contributed by atoms with Gasteiger partial charge in [0, 0.05) is 12.8 Å². The lowest BCUT2D eigenvalue weighted by molar-refractivity contribution is -0.197. The van der Waals surface area contributed by atoms with E-state index in [1.165, 1.54) is 0 Å². The van der Waals surface area contributed by atoms with Gasteiger partial charge in [0.1, 0.15) is 24.4 Å². The van der Waals surface area contributed by atoms with Crippen molar-refractivity contribution in [3.05, 3.63) is 0 Å². The number of nitrogens with two attached hydrogens (primary N) is 1. The third-order valence-electron chi connectivity index (χ3n) is 3.73. The summed E-state index contributed by atoms with van der Waals surface area (Å²) in [6, 6.07) is -1.41. The number of ether oxygens (including phenoxy) is 2. The van der Waals surface area contributed by atoms with Gasteiger partial charge in [-0.05, 0) is 0 Å². The van der Waals surface area contributed by atoms with Gasteiger partial charge in [-0.2, -0.15) is 0 Å². The zero-order valence-electron chi connectivity index (χ0n) is 10.5. The molecule has 9 heteroatoms. The van der Waals surface area contributed by atoms with Crippen LogP contribution in [0.15, 0.2) is 0 Å². The maximum absolute atomic E-state index is 11.4. The Labute approximate surface area is 113 Å². The number of rotatable bonds is 4. The van der Waals surface area contributed by atoms with Gasteiger partial charge in [-0.15, -0.1) is 0 Å². The van der Waals surface area contributed by atoms with E-state index in [1.807, 2.05) is 0 Å². The second kappa shape index (κ2) is 5.26. The van der Waals surface area contributed by atoms with Crippen molar-refractivity contribution in [1.29, 1.82) is 0 Å². The number of aliphatic hydroxyl groups is 2. The van der Waals surface area contributed by atoms with Crippen LogP contribution in [0.2, 0.25) is 0 Å². The third-order valence-corrected chi connectivity index (χ3v) is 3.73. The van der Waals surface area contributed by atoms with Crippen molar-refractivity contribution in [3.8, 4) is 0 Å². The summed E-state index contributed by atoms with van der Waals surface area (Å²) >= 11 is 0. The molecule has 0 aromatic rings. The van der Waals surface area contributed by atoms with Crippen molar-refractivity contribution >= 4 is 11.9 Å². The molecule has 6 N–H and O–H groups in total. The minimum Gasteiger partial charge on any atom is -0.480 e. The third kappa shape index (κ3) is 2.50. The van der Waals surface area contributed by atoms with Gasteiger partial charge in [0.2, 0.25) is 0 Å². The smallest absolute Gasteiger partial charge is 0.336 e. The van der Waals surface area contributed by atoms with Gasteiger partial charge in [-0.1, -0.05) is 0 Å². The average Bonchev–Trinajstić information content (AvgIpc) is 2.74. The van der Waals surface area contributed by atoms with Crippen molar-refractivity contribution in [2.24, 2.45) is 5.73 Å². The second-order valence-electron chi connectivity index (χ2n) is 5.16. The molecular weight excluding hydrogens is 274 g/mol. The lowest BCUT2D eigenvalue weighted by atomic mass is 9.89. The van der Waals surface area contributed by atoms with E-state index in [1.54, 1.807) is 0 Å². The Kier molecular flexibility index (Phi) is 3.98. The van der Waals surface area contributed by atoms with E-state index in [4.69, 9.17) is 20.3 Å². The van der Waals surface area contributed by atoms with E-state index in [9.17, 15) is 24.9 Å². The summed E-state index contributed by atoms with van der Waals surface area (Å²) in [7, 11) is 0. The van der Waals surface area contributed by atoms with Gasteiger partial charge in [-0.25, -0.2) is 4.79 Å². The van der Waals surface area contributed by atoms with Crippen LogP contribution in [0, 0.1) is 0 Å². The molecule has 0 aromatic carbocycles. The number of aliphatic hydroxyl groups excluding tert-OH is 2. The Morgan fingerprint density at radius 2 is 2.00 bits per heavy atom. The minimum atomic E-state index is -1.84. The maximum Gasteiger partial charge on any atom is 0.336 e. The van der Waals surface area contributed by atoms with Gasteiger partial charge in [0.25, 0.3) is 0 Å². The number of fused-ring (bicyclic) bond motifs is 1. The lowest BCUT2D eigenvalue weighted by Gasteiger charge is -2.33. The van der Waals surface area contributed by atoms with E-state index >= 15 is 0 Å². The molecule has 2 fully saturated rings. The average molecular weight is 291 g/mol. The predicted octanol–water partition coefficient (Wildman–Crippen LogP) is -2.48. The molecule has 0 unspecified atom stereocenters. The van der Waals surface area contributed by atoms with Crippen LogP contribution in [-0.2, 0) is 19.1 Å². The zero-order chi connectivity index (χ0) is 15.1. The molecule has 0 amide bonds. The molecule has 2 saturated heterocycles. The molecule has 2 rings (SSSR count). The van der Waals surface area contributed by atoms with Crippen molar-refractivity contribution in [1.82, 2.24) is 0 Å². The Balaban J connectivity index is 2.20. The highest BCUT2D eigenvalue weighted by Gasteiger charge is 2.57. The molecule has 2 aliphatic heterocycles. The second-order valence-corrected chi connectivity index (χ2v) is 5.16. The molecule has 0 bridgehead atoms. The number of carboxylic acid groups (broad SMARTS) is 2. The highest BCUT2D eigenvalue weighted by atomic mass is 16.6. The molecule has 0 aliphatic carbocycles. The van der Waals surface area contributed by atoms with Gasteiger partial charge in [-0.3, -0.25) is 4.79 Å². The van der Waals surface area contributed by atoms with Gasteiger partial charge < -0.3 is 35.6 Å². The van der Waals surface area contributed by atoms with Crippen molar-refractivity contribution in [2.45, 2.75) is 48.9 Å². The largest absolute Gasteiger partial charge is 0.480 e. The maximum atomic E-state index is 11.4. The molecule has 2 aliphatic rings. The molecular formula is C11H17NO8. The zero-order valence-corrected chi connectivity index (χ0v) is 10.5. The normalized spacial score (nSPS) is 42.0. The Hall–Kier alpha value is -1.26. The minimum absolute atomic E-state index is 0.127. The first-order valence-corrected chi connectivity index (χ1v) is 6.14.